The molecule has 3 aromatic rings. The first kappa shape index (κ1) is 30.5. The number of aryl methyl sites for hydroxylation is 1. The molecule has 0 radical (unpaired) electrons. The molecule has 0 fully saturated rings. The second-order valence-electron chi connectivity index (χ2n) is 4.58. The fourth-order valence-electron chi connectivity index (χ4n) is 2.57. The van der Waals surface area contributed by atoms with Gasteiger partial charge in [0.25, 0.3) is 0 Å². The number of para-hydroxylation sites is 1. The third kappa shape index (κ3) is 7.08. The van der Waals surface area contributed by atoms with Gasteiger partial charge in [-0.3, -0.25) is 0 Å². The number of benzene rings is 2. The third-order valence-electron chi connectivity index (χ3n) is 3.39. The monoisotopic (exact) mass is 563 g/mol. The van der Waals surface area contributed by atoms with Gasteiger partial charge in [0.1, 0.15) is 16.2 Å². The van der Waals surface area contributed by atoms with Crippen LogP contribution in [0.25, 0.3) is 22.3 Å². The predicted molar refractivity (Wildman–Crippen MR) is 95.0 cm³/mol. The maximum absolute atomic E-state index is 7.50. The Hall–Kier alpha value is -2.20. The summed E-state index contributed by atoms with van der Waals surface area (Å²) in [5.41, 5.74) is 3.67. The van der Waals surface area contributed by atoms with Crippen LogP contribution in [-0.4, -0.2) is 0 Å². The molecule has 8 heteroatoms. The zero-order valence-corrected chi connectivity index (χ0v) is 18.6. The van der Waals surface area contributed by atoms with E-state index in [9.17, 15) is 0 Å². The summed E-state index contributed by atoms with van der Waals surface area (Å²) in [4.78, 5) is 0. The summed E-state index contributed by atoms with van der Waals surface area (Å²) in [6, 6.07) is 15.0. The molecule has 2 heterocycles. The second-order valence-corrected chi connectivity index (χ2v) is 6.06. The van der Waals surface area contributed by atoms with Gasteiger partial charge in [0, 0.05) is 21.1 Å². The molecule has 0 amide bonds. The van der Waals surface area contributed by atoms with E-state index >= 15 is 0 Å². The van der Waals surface area contributed by atoms with Crippen molar-refractivity contribution in [3.05, 3.63) is 81.3 Å². The first-order chi connectivity index (χ1) is 13.3. The minimum absolute atomic E-state index is 0. The Kier molecular flexibility index (Phi) is 19.8. The summed E-state index contributed by atoms with van der Waals surface area (Å²) in [7, 11) is 0.188. The van der Waals surface area contributed by atoms with Crippen LogP contribution in [0.5, 0.6) is 0 Å². The molecule has 0 saturated heterocycles. The maximum Gasteiger partial charge on any atom is 0 e. The molecular weight excluding hydrogens is 551 g/mol. The Morgan fingerprint density at radius 2 is 1.32 bits per heavy atom. The zero-order valence-electron chi connectivity index (χ0n) is 14.5. The molecule has 0 saturated carbocycles. The van der Waals surface area contributed by atoms with Crippen LogP contribution in [0.3, 0.4) is 0 Å². The largest absolute Gasteiger partial charge is 0 e. The van der Waals surface area contributed by atoms with Gasteiger partial charge in [-0.05, 0) is 36.8 Å². The SMILES string of the molecule is Cc1ccc2c(c1)[PH2+]c1c-2oc2ccccc12.[C-]#[O+].[C-]#[O+].[C-]#[O+].[C-]#[O+].[C-]#[O+].[W]. The van der Waals surface area contributed by atoms with Crippen molar-refractivity contribution in [1.82, 2.24) is 0 Å². The number of fused-ring (bicyclic) bond motifs is 5. The molecule has 2 aromatic carbocycles. The quantitative estimate of drug-likeness (QED) is 0.183. The number of furan rings is 1. The van der Waals surface area contributed by atoms with E-state index in [1.807, 2.05) is 6.07 Å². The van der Waals surface area contributed by atoms with E-state index in [-0.39, 0.29) is 29.6 Å². The molecule has 0 bridgehead atoms. The molecule has 0 N–H and O–H groups in total. The van der Waals surface area contributed by atoms with E-state index < -0.39 is 0 Å². The standard InChI is InChI=1S/C15H11OP.5CO.W/c1-9-6-7-11-13(8-9)17-15-10-4-2-3-5-12(10)16-14(11)15;5*1-2;/h2-8,17H,1H3;;;;;;/p+1. The van der Waals surface area contributed by atoms with Gasteiger partial charge in [-0.2, -0.15) is 0 Å². The van der Waals surface area contributed by atoms with Crippen LogP contribution in [0.1, 0.15) is 5.56 Å². The molecule has 138 valence electrons. The van der Waals surface area contributed by atoms with Crippen molar-refractivity contribution < 1.29 is 48.7 Å². The molecule has 0 spiro atoms. The minimum atomic E-state index is 0. The molecule has 1 aliphatic heterocycles. The summed E-state index contributed by atoms with van der Waals surface area (Å²) in [6.07, 6.45) is 0. The van der Waals surface area contributed by atoms with Crippen LogP contribution in [0.2, 0.25) is 0 Å². The van der Waals surface area contributed by atoms with Gasteiger partial charge in [-0.1, -0.05) is 18.2 Å². The van der Waals surface area contributed by atoms with Crippen molar-refractivity contribution in [2.24, 2.45) is 0 Å². The van der Waals surface area contributed by atoms with Crippen molar-refractivity contribution in [1.29, 1.82) is 0 Å². The Bertz CT molecular complexity index is 931. The van der Waals surface area contributed by atoms with Crippen LogP contribution in [0.4, 0.5) is 0 Å². The summed E-state index contributed by atoms with van der Waals surface area (Å²) in [5.74, 6) is 1.11. The van der Waals surface area contributed by atoms with Gasteiger partial charge in [0.2, 0.25) is 0 Å². The van der Waals surface area contributed by atoms with Gasteiger partial charge in [0.05, 0.1) is 19.5 Å². The van der Waals surface area contributed by atoms with Gasteiger partial charge in [-0.25, -0.2) is 0 Å². The van der Waals surface area contributed by atoms with Crippen LogP contribution in [-0.2, 0) is 44.3 Å². The van der Waals surface area contributed by atoms with Gasteiger partial charge >= 0.3 is 56.5 Å². The van der Waals surface area contributed by atoms with Crippen LogP contribution in [0, 0.1) is 40.2 Å². The molecule has 1 unspecified atom stereocenters. The van der Waals surface area contributed by atoms with E-state index in [1.54, 1.807) is 0 Å². The molecule has 1 aromatic heterocycles. The molecule has 6 nitrogen and oxygen atoms in total. The molecule has 28 heavy (non-hydrogen) atoms. The Labute approximate surface area is 178 Å². The van der Waals surface area contributed by atoms with Gasteiger partial charge in [0.15, 0.2) is 5.76 Å². The third-order valence-corrected chi connectivity index (χ3v) is 5.04. The summed E-state index contributed by atoms with van der Waals surface area (Å²) < 4.78 is 43.5. The van der Waals surface area contributed by atoms with Crippen LogP contribution in [0.15, 0.2) is 46.9 Å². The van der Waals surface area contributed by atoms with E-state index in [1.165, 1.54) is 27.1 Å². The minimum Gasteiger partial charge on any atom is 0 e. The van der Waals surface area contributed by atoms with Crippen LogP contribution >= 0.6 is 8.58 Å². The van der Waals surface area contributed by atoms with E-state index in [2.05, 4.69) is 76.6 Å². The second kappa shape index (κ2) is 18.2. The average Bonchev–Trinajstić information content (AvgIpc) is 3.31. The number of rotatable bonds is 0. The van der Waals surface area contributed by atoms with Crippen molar-refractivity contribution >= 4 is 30.2 Å². The first-order valence-corrected chi connectivity index (χ1v) is 7.98. The number of hydrogen-bond acceptors (Lipinski definition) is 1. The van der Waals surface area contributed by atoms with Gasteiger partial charge in [-0.15, -0.1) is 0 Å². The normalized spacial score (nSPS) is 8.96. The molecule has 0 aliphatic carbocycles. The zero-order chi connectivity index (χ0) is 21.4. The molecule has 1 aliphatic rings. The summed E-state index contributed by atoms with van der Waals surface area (Å²) >= 11 is 0. The van der Waals surface area contributed by atoms with Gasteiger partial charge < -0.3 is 4.42 Å². The van der Waals surface area contributed by atoms with E-state index in [4.69, 9.17) is 27.7 Å². The topological polar surface area (TPSA) is 113 Å². The Balaban J connectivity index is -0.000000503. The van der Waals surface area contributed by atoms with Crippen molar-refractivity contribution in [3.63, 3.8) is 0 Å². The average molecular weight is 563 g/mol. The smallest absolute Gasteiger partial charge is 0 e. The fraction of sp³-hybridized carbons (Fsp3) is 0.0500. The molecule has 1 atom stereocenters. The Morgan fingerprint density at radius 1 is 0.786 bits per heavy atom. The number of hydrogen-bond donors (Lipinski definition) is 0. The van der Waals surface area contributed by atoms with E-state index in [0.29, 0.717) is 0 Å². The summed E-state index contributed by atoms with van der Waals surface area (Å²) in [5, 5.41) is 4.21. The van der Waals surface area contributed by atoms with Crippen molar-refractivity contribution in [3.8, 4) is 11.3 Å². The van der Waals surface area contributed by atoms with E-state index in [0.717, 1.165) is 11.3 Å². The molecule has 4 rings (SSSR count). The van der Waals surface area contributed by atoms with Crippen LogP contribution < -0.4 is 10.6 Å². The molecular formula is C20H12O6PW+. The van der Waals surface area contributed by atoms with Crippen molar-refractivity contribution in [2.75, 3.05) is 0 Å². The predicted octanol–water partition coefficient (Wildman–Crippen LogP) is 2.89. The maximum atomic E-state index is 7.50. The van der Waals surface area contributed by atoms with Crippen molar-refractivity contribution in [2.45, 2.75) is 6.92 Å². The Morgan fingerprint density at radius 3 is 1.89 bits per heavy atom. The summed E-state index contributed by atoms with van der Waals surface area (Å²) in [6.45, 7) is 24.7. The fourth-order valence-corrected chi connectivity index (χ4v) is 4.35. The first-order valence-electron chi connectivity index (χ1n) is 6.82.